The highest BCUT2D eigenvalue weighted by atomic mass is 32.2. The molecule has 0 bridgehead atoms. The van der Waals surface area contributed by atoms with Crippen molar-refractivity contribution in [1.29, 1.82) is 0 Å². The highest BCUT2D eigenvalue weighted by Gasteiger charge is 2.25. The zero-order valence-electron chi connectivity index (χ0n) is 15.2. The van der Waals surface area contributed by atoms with Crippen LogP contribution in [-0.2, 0) is 14.8 Å². The van der Waals surface area contributed by atoms with Gasteiger partial charge in [0.05, 0.1) is 18.9 Å². The minimum atomic E-state index is -3.16. The lowest BCUT2D eigenvalue weighted by Crippen LogP contribution is -2.49. The molecule has 1 aliphatic heterocycles. The lowest BCUT2D eigenvalue weighted by Gasteiger charge is -2.35. The van der Waals surface area contributed by atoms with Crippen LogP contribution in [0, 0.1) is 6.92 Å². The number of aliphatic imine (C=N–C) groups is 1. The van der Waals surface area contributed by atoms with Gasteiger partial charge in [-0.2, -0.15) is 0 Å². The van der Waals surface area contributed by atoms with Crippen LogP contribution in [0.25, 0.3) is 0 Å². The Kier molecular flexibility index (Phi) is 7.22. The van der Waals surface area contributed by atoms with Crippen LogP contribution in [0.4, 0.5) is 0 Å². The van der Waals surface area contributed by atoms with Crippen molar-refractivity contribution in [3.63, 3.8) is 0 Å². The highest BCUT2D eigenvalue weighted by molar-refractivity contribution is 7.89. The van der Waals surface area contributed by atoms with Crippen LogP contribution in [-0.4, -0.2) is 64.9 Å². The number of sulfonamides is 1. The second-order valence-electron chi connectivity index (χ2n) is 5.93. The SMILES string of the molecule is CCS(=O)(=O)NCCNC(=NC)N1CCOC(c2ccccc2C)C1. The first-order chi connectivity index (χ1) is 12.0. The first kappa shape index (κ1) is 19.7. The number of benzene rings is 1. The summed E-state index contributed by atoms with van der Waals surface area (Å²) in [5, 5.41) is 3.22. The molecule has 1 saturated heterocycles. The summed E-state index contributed by atoms with van der Waals surface area (Å²) in [5.41, 5.74) is 2.41. The maximum absolute atomic E-state index is 11.5. The van der Waals surface area contributed by atoms with E-state index in [9.17, 15) is 8.42 Å². The van der Waals surface area contributed by atoms with Crippen LogP contribution < -0.4 is 10.0 Å². The minimum absolute atomic E-state index is 0.00657. The van der Waals surface area contributed by atoms with Crippen molar-refractivity contribution in [2.24, 2.45) is 4.99 Å². The quantitative estimate of drug-likeness (QED) is 0.443. The fourth-order valence-electron chi connectivity index (χ4n) is 2.79. The van der Waals surface area contributed by atoms with Gasteiger partial charge in [0.15, 0.2) is 5.96 Å². The van der Waals surface area contributed by atoms with Gasteiger partial charge in [-0.05, 0) is 25.0 Å². The van der Waals surface area contributed by atoms with Crippen LogP contribution in [0.2, 0.25) is 0 Å². The maximum atomic E-state index is 11.5. The third kappa shape index (κ3) is 5.69. The fraction of sp³-hybridized carbons (Fsp3) is 0.588. The molecule has 1 aromatic rings. The molecule has 1 heterocycles. The van der Waals surface area contributed by atoms with Crippen molar-refractivity contribution in [3.05, 3.63) is 35.4 Å². The average Bonchev–Trinajstić information content (AvgIpc) is 2.62. The van der Waals surface area contributed by atoms with Gasteiger partial charge >= 0.3 is 0 Å². The molecule has 0 aromatic heterocycles. The lowest BCUT2D eigenvalue weighted by molar-refractivity contribution is -0.00828. The molecule has 1 atom stereocenters. The van der Waals surface area contributed by atoms with Gasteiger partial charge in [-0.3, -0.25) is 4.99 Å². The number of ether oxygens (including phenoxy) is 1. The van der Waals surface area contributed by atoms with E-state index in [2.05, 4.69) is 39.0 Å². The highest BCUT2D eigenvalue weighted by Crippen LogP contribution is 2.24. The monoisotopic (exact) mass is 368 g/mol. The third-order valence-corrected chi connectivity index (χ3v) is 5.63. The van der Waals surface area contributed by atoms with Gasteiger partial charge in [-0.25, -0.2) is 13.1 Å². The summed E-state index contributed by atoms with van der Waals surface area (Å²) in [7, 11) is -1.43. The van der Waals surface area contributed by atoms with Gasteiger partial charge in [-0.1, -0.05) is 24.3 Å². The average molecular weight is 369 g/mol. The molecule has 2 N–H and O–H groups in total. The Morgan fingerprint density at radius 1 is 1.36 bits per heavy atom. The molecule has 140 valence electrons. The van der Waals surface area contributed by atoms with E-state index in [4.69, 9.17) is 4.74 Å². The van der Waals surface area contributed by atoms with E-state index in [0.29, 0.717) is 26.2 Å². The first-order valence-electron chi connectivity index (χ1n) is 8.57. The summed E-state index contributed by atoms with van der Waals surface area (Å²) in [6, 6.07) is 8.23. The van der Waals surface area contributed by atoms with E-state index in [1.54, 1.807) is 14.0 Å². The summed E-state index contributed by atoms with van der Waals surface area (Å²) < 4.78 is 31.4. The smallest absolute Gasteiger partial charge is 0.211 e. The predicted molar refractivity (Wildman–Crippen MR) is 100 cm³/mol. The number of nitrogens with one attached hydrogen (secondary N) is 2. The lowest BCUT2D eigenvalue weighted by atomic mass is 10.0. The third-order valence-electron chi connectivity index (χ3n) is 4.22. The van der Waals surface area contributed by atoms with Crippen molar-refractivity contribution in [3.8, 4) is 0 Å². The normalized spacial score (nSPS) is 19.1. The summed E-state index contributed by atoms with van der Waals surface area (Å²) in [5.74, 6) is 0.848. The molecule has 0 radical (unpaired) electrons. The van der Waals surface area contributed by atoms with Crippen LogP contribution in [0.1, 0.15) is 24.2 Å². The van der Waals surface area contributed by atoms with Gasteiger partial charge in [0.1, 0.15) is 6.10 Å². The molecule has 25 heavy (non-hydrogen) atoms. The molecule has 8 heteroatoms. The topological polar surface area (TPSA) is 83.0 Å². The van der Waals surface area contributed by atoms with Crippen LogP contribution in [0.15, 0.2) is 29.3 Å². The van der Waals surface area contributed by atoms with Gasteiger partial charge in [0.2, 0.25) is 10.0 Å². The van der Waals surface area contributed by atoms with Crippen LogP contribution in [0.3, 0.4) is 0 Å². The van der Waals surface area contributed by atoms with Crippen LogP contribution in [0.5, 0.6) is 0 Å². The zero-order chi connectivity index (χ0) is 18.3. The second-order valence-corrected chi connectivity index (χ2v) is 8.03. The van der Waals surface area contributed by atoms with Crippen molar-refractivity contribution in [2.75, 3.05) is 45.6 Å². The number of nitrogens with zero attached hydrogens (tertiary/aromatic N) is 2. The molecule has 7 nitrogen and oxygen atoms in total. The molecule has 0 saturated carbocycles. The van der Waals surface area contributed by atoms with E-state index in [1.165, 1.54) is 11.1 Å². The standard InChI is InChI=1S/C17H28N4O3S/c1-4-25(22,23)20-10-9-19-17(18-3)21-11-12-24-16(13-21)15-8-6-5-7-14(15)2/h5-8,16,20H,4,9-13H2,1-3H3,(H,18,19). The zero-order valence-corrected chi connectivity index (χ0v) is 16.0. The Balaban J connectivity index is 1.91. The molecular formula is C17H28N4O3S. The molecule has 1 aromatic carbocycles. The van der Waals surface area contributed by atoms with Gasteiger partial charge < -0.3 is 15.0 Å². The van der Waals surface area contributed by atoms with E-state index in [-0.39, 0.29) is 11.9 Å². The summed E-state index contributed by atoms with van der Waals surface area (Å²) >= 11 is 0. The van der Waals surface area contributed by atoms with Crippen LogP contribution >= 0.6 is 0 Å². The molecular weight excluding hydrogens is 340 g/mol. The minimum Gasteiger partial charge on any atom is -0.370 e. The molecule has 0 spiro atoms. The van der Waals surface area contributed by atoms with E-state index in [0.717, 1.165) is 12.5 Å². The number of morpholine rings is 1. The molecule has 1 unspecified atom stereocenters. The largest absolute Gasteiger partial charge is 0.370 e. The number of rotatable bonds is 6. The molecule has 2 rings (SSSR count). The summed E-state index contributed by atoms with van der Waals surface area (Å²) in [4.78, 5) is 6.46. The maximum Gasteiger partial charge on any atom is 0.211 e. The Hall–Kier alpha value is -1.64. The van der Waals surface area contributed by atoms with Gasteiger partial charge in [-0.15, -0.1) is 0 Å². The predicted octanol–water partition coefficient (Wildman–Crippen LogP) is 0.883. The van der Waals surface area contributed by atoms with Gasteiger partial charge in [0, 0.05) is 26.7 Å². The Morgan fingerprint density at radius 2 is 2.12 bits per heavy atom. The number of hydrogen-bond acceptors (Lipinski definition) is 4. The van der Waals surface area contributed by atoms with E-state index >= 15 is 0 Å². The molecule has 1 fully saturated rings. The first-order valence-corrected chi connectivity index (χ1v) is 10.2. The number of aryl methyl sites for hydroxylation is 1. The van der Waals surface area contributed by atoms with Crippen molar-refractivity contribution in [2.45, 2.75) is 20.0 Å². The second kappa shape index (κ2) is 9.17. The fourth-order valence-corrected chi connectivity index (χ4v) is 3.41. The number of guanidine groups is 1. The molecule has 0 aliphatic carbocycles. The Labute approximate surface area is 150 Å². The summed E-state index contributed by atoms with van der Waals surface area (Å²) in [6.07, 6.45) is 0.00657. The molecule has 1 aliphatic rings. The van der Waals surface area contributed by atoms with E-state index < -0.39 is 10.0 Å². The number of hydrogen-bond donors (Lipinski definition) is 2. The Morgan fingerprint density at radius 3 is 2.80 bits per heavy atom. The molecule has 0 amide bonds. The van der Waals surface area contributed by atoms with Crippen molar-refractivity contribution in [1.82, 2.24) is 14.9 Å². The Bertz CT molecular complexity index is 691. The van der Waals surface area contributed by atoms with Gasteiger partial charge in [0.25, 0.3) is 0 Å². The summed E-state index contributed by atoms with van der Waals surface area (Å²) in [6.45, 7) is 6.62. The van der Waals surface area contributed by atoms with Crippen molar-refractivity contribution < 1.29 is 13.2 Å². The van der Waals surface area contributed by atoms with E-state index in [1.807, 2.05) is 12.1 Å². The van der Waals surface area contributed by atoms with Crippen molar-refractivity contribution >= 4 is 16.0 Å².